The van der Waals surface area contributed by atoms with E-state index in [4.69, 9.17) is 0 Å². The SMILES string of the molecule is Cc1nc([C@H](NCc2cccs2)c2ccccc2)n[nH]1. The molecule has 0 radical (unpaired) electrons. The predicted molar refractivity (Wildman–Crippen MR) is 80.6 cm³/mol. The van der Waals surface area contributed by atoms with E-state index in [2.05, 4.69) is 50.1 Å². The van der Waals surface area contributed by atoms with Gasteiger partial charge in [0.05, 0.1) is 6.04 Å². The van der Waals surface area contributed by atoms with Crippen molar-refractivity contribution in [1.82, 2.24) is 20.5 Å². The molecule has 20 heavy (non-hydrogen) atoms. The average molecular weight is 284 g/mol. The van der Waals surface area contributed by atoms with Crippen LogP contribution < -0.4 is 5.32 Å². The van der Waals surface area contributed by atoms with Crippen LogP contribution in [0.5, 0.6) is 0 Å². The summed E-state index contributed by atoms with van der Waals surface area (Å²) in [6.45, 7) is 2.72. The molecule has 0 saturated carbocycles. The number of rotatable bonds is 5. The number of nitrogens with zero attached hydrogens (tertiary/aromatic N) is 2. The molecule has 0 fully saturated rings. The van der Waals surface area contributed by atoms with Crippen LogP contribution in [0.1, 0.15) is 28.1 Å². The van der Waals surface area contributed by atoms with Gasteiger partial charge in [0.15, 0.2) is 5.82 Å². The lowest BCUT2D eigenvalue weighted by atomic mass is 10.1. The minimum absolute atomic E-state index is 0.00301. The summed E-state index contributed by atoms with van der Waals surface area (Å²) in [6, 6.07) is 14.5. The number of hydrogen-bond donors (Lipinski definition) is 2. The molecular formula is C15H16N4S. The second-order valence-corrected chi connectivity index (χ2v) is 5.62. The molecule has 2 aromatic heterocycles. The van der Waals surface area contributed by atoms with Gasteiger partial charge in [0.1, 0.15) is 5.82 Å². The second-order valence-electron chi connectivity index (χ2n) is 4.58. The summed E-state index contributed by atoms with van der Waals surface area (Å²) in [5.41, 5.74) is 1.17. The van der Waals surface area contributed by atoms with Crippen LogP contribution in [0.15, 0.2) is 47.8 Å². The molecule has 102 valence electrons. The van der Waals surface area contributed by atoms with Crippen molar-refractivity contribution in [2.75, 3.05) is 0 Å². The first kappa shape index (κ1) is 13.0. The summed E-state index contributed by atoms with van der Waals surface area (Å²) >= 11 is 1.75. The van der Waals surface area contributed by atoms with E-state index in [9.17, 15) is 0 Å². The highest BCUT2D eigenvalue weighted by Gasteiger charge is 2.17. The summed E-state index contributed by atoms with van der Waals surface area (Å²) in [6.07, 6.45) is 0. The van der Waals surface area contributed by atoms with Crippen molar-refractivity contribution in [3.63, 3.8) is 0 Å². The molecule has 0 spiro atoms. The van der Waals surface area contributed by atoms with E-state index in [-0.39, 0.29) is 6.04 Å². The zero-order valence-electron chi connectivity index (χ0n) is 11.2. The van der Waals surface area contributed by atoms with Crippen LogP contribution in [0.2, 0.25) is 0 Å². The van der Waals surface area contributed by atoms with Crippen molar-refractivity contribution in [2.24, 2.45) is 0 Å². The normalized spacial score (nSPS) is 12.4. The Morgan fingerprint density at radius 1 is 1.20 bits per heavy atom. The Hall–Kier alpha value is -1.98. The quantitative estimate of drug-likeness (QED) is 0.757. The Balaban J connectivity index is 1.84. The highest BCUT2D eigenvalue weighted by atomic mass is 32.1. The highest BCUT2D eigenvalue weighted by Crippen LogP contribution is 2.20. The molecule has 0 amide bonds. The molecule has 0 aliphatic carbocycles. The maximum atomic E-state index is 4.46. The number of aromatic amines is 1. The summed E-state index contributed by atoms with van der Waals surface area (Å²) < 4.78 is 0. The van der Waals surface area contributed by atoms with Crippen LogP contribution in [-0.2, 0) is 6.54 Å². The zero-order chi connectivity index (χ0) is 13.8. The maximum absolute atomic E-state index is 4.46. The van der Waals surface area contributed by atoms with Crippen LogP contribution >= 0.6 is 11.3 Å². The van der Waals surface area contributed by atoms with Crippen molar-refractivity contribution in [1.29, 1.82) is 0 Å². The Morgan fingerprint density at radius 3 is 2.70 bits per heavy atom. The van der Waals surface area contributed by atoms with Gasteiger partial charge >= 0.3 is 0 Å². The summed E-state index contributed by atoms with van der Waals surface area (Å²) in [4.78, 5) is 5.77. The van der Waals surface area contributed by atoms with Gasteiger partial charge in [-0.3, -0.25) is 10.4 Å². The van der Waals surface area contributed by atoms with Gasteiger partial charge in [0, 0.05) is 11.4 Å². The van der Waals surface area contributed by atoms with Gasteiger partial charge in [-0.25, -0.2) is 4.98 Å². The molecule has 5 heteroatoms. The molecule has 0 aliphatic heterocycles. The van der Waals surface area contributed by atoms with Gasteiger partial charge in [-0.05, 0) is 23.9 Å². The van der Waals surface area contributed by atoms with Gasteiger partial charge in [0.25, 0.3) is 0 Å². The molecule has 0 saturated heterocycles. The third kappa shape index (κ3) is 2.95. The van der Waals surface area contributed by atoms with Gasteiger partial charge in [0.2, 0.25) is 0 Å². The predicted octanol–water partition coefficient (Wildman–Crippen LogP) is 3.05. The number of aromatic nitrogens is 3. The van der Waals surface area contributed by atoms with Crippen molar-refractivity contribution >= 4 is 11.3 Å². The van der Waals surface area contributed by atoms with E-state index < -0.39 is 0 Å². The van der Waals surface area contributed by atoms with Crippen LogP contribution in [0.3, 0.4) is 0 Å². The fourth-order valence-electron chi connectivity index (χ4n) is 2.11. The smallest absolute Gasteiger partial charge is 0.172 e. The molecule has 3 rings (SSSR count). The lowest BCUT2D eigenvalue weighted by Crippen LogP contribution is -2.22. The average Bonchev–Trinajstić information content (AvgIpc) is 3.12. The Kier molecular flexibility index (Phi) is 3.90. The van der Waals surface area contributed by atoms with E-state index in [0.717, 1.165) is 18.2 Å². The summed E-state index contributed by atoms with van der Waals surface area (Å²) in [5, 5.41) is 12.8. The Labute approximate surface area is 121 Å². The molecule has 1 aromatic carbocycles. The van der Waals surface area contributed by atoms with E-state index in [1.807, 2.05) is 25.1 Å². The Bertz CT molecular complexity index is 646. The van der Waals surface area contributed by atoms with Gasteiger partial charge in [-0.15, -0.1) is 11.3 Å². The highest BCUT2D eigenvalue weighted by molar-refractivity contribution is 7.09. The lowest BCUT2D eigenvalue weighted by Gasteiger charge is -2.15. The van der Waals surface area contributed by atoms with Gasteiger partial charge < -0.3 is 0 Å². The lowest BCUT2D eigenvalue weighted by molar-refractivity contribution is 0.581. The molecular weight excluding hydrogens is 268 g/mol. The molecule has 0 aliphatic rings. The first-order chi connectivity index (χ1) is 9.83. The van der Waals surface area contributed by atoms with Crippen LogP contribution in [0.4, 0.5) is 0 Å². The standard InChI is InChI=1S/C15H16N4S/c1-11-17-15(19-18-11)14(12-6-3-2-4-7-12)16-10-13-8-5-9-20-13/h2-9,14,16H,10H2,1H3,(H,17,18,19)/t14-/m1/s1. The first-order valence-electron chi connectivity index (χ1n) is 6.52. The fraction of sp³-hybridized carbons (Fsp3) is 0.200. The molecule has 2 heterocycles. The van der Waals surface area contributed by atoms with E-state index in [1.54, 1.807) is 11.3 Å². The minimum atomic E-state index is 0.00301. The van der Waals surface area contributed by atoms with Crippen LogP contribution in [0, 0.1) is 6.92 Å². The van der Waals surface area contributed by atoms with Gasteiger partial charge in [-0.1, -0.05) is 36.4 Å². The number of H-pyrrole nitrogens is 1. The van der Waals surface area contributed by atoms with E-state index in [1.165, 1.54) is 10.4 Å². The van der Waals surface area contributed by atoms with Crippen LogP contribution in [-0.4, -0.2) is 15.2 Å². The summed E-state index contributed by atoms with van der Waals surface area (Å²) in [7, 11) is 0. The number of thiophene rings is 1. The summed E-state index contributed by atoms with van der Waals surface area (Å²) in [5.74, 6) is 1.61. The number of aryl methyl sites for hydroxylation is 1. The largest absolute Gasteiger partial charge is 0.299 e. The third-order valence-corrected chi connectivity index (χ3v) is 3.94. The second kappa shape index (κ2) is 5.98. The monoisotopic (exact) mass is 284 g/mol. The van der Waals surface area contributed by atoms with Crippen LogP contribution in [0.25, 0.3) is 0 Å². The maximum Gasteiger partial charge on any atom is 0.172 e. The third-order valence-electron chi connectivity index (χ3n) is 3.07. The van der Waals surface area contributed by atoms with Crippen molar-refractivity contribution < 1.29 is 0 Å². The Morgan fingerprint density at radius 2 is 2.05 bits per heavy atom. The molecule has 0 unspecified atom stereocenters. The number of nitrogens with one attached hydrogen (secondary N) is 2. The van der Waals surface area contributed by atoms with E-state index >= 15 is 0 Å². The fourth-order valence-corrected chi connectivity index (χ4v) is 2.76. The van der Waals surface area contributed by atoms with Gasteiger partial charge in [-0.2, -0.15) is 5.10 Å². The minimum Gasteiger partial charge on any atom is -0.299 e. The van der Waals surface area contributed by atoms with Crippen molar-refractivity contribution in [3.8, 4) is 0 Å². The molecule has 4 nitrogen and oxygen atoms in total. The van der Waals surface area contributed by atoms with Crippen molar-refractivity contribution in [2.45, 2.75) is 19.5 Å². The van der Waals surface area contributed by atoms with E-state index in [0.29, 0.717) is 0 Å². The molecule has 0 bridgehead atoms. The number of benzene rings is 1. The zero-order valence-corrected chi connectivity index (χ0v) is 12.0. The number of hydrogen-bond acceptors (Lipinski definition) is 4. The topological polar surface area (TPSA) is 53.6 Å². The van der Waals surface area contributed by atoms with Crippen molar-refractivity contribution in [3.05, 3.63) is 69.9 Å². The molecule has 2 N–H and O–H groups in total. The molecule has 3 aromatic rings. The molecule has 1 atom stereocenters. The first-order valence-corrected chi connectivity index (χ1v) is 7.40.